The number of ether oxygens (including phenoxy) is 2. The summed E-state index contributed by atoms with van der Waals surface area (Å²) in [6, 6.07) is 3.78. The van der Waals surface area contributed by atoms with Crippen molar-refractivity contribution in [3.63, 3.8) is 0 Å². The molecule has 0 aliphatic carbocycles. The molecule has 0 amide bonds. The monoisotopic (exact) mass is 347 g/mol. The number of aromatic nitrogens is 4. The summed E-state index contributed by atoms with van der Waals surface area (Å²) in [7, 11) is 3.49. The fourth-order valence-corrected chi connectivity index (χ4v) is 1.97. The van der Waals surface area contributed by atoms with E-state index in [0.717, 1.165) is 17.9 Å². The Bertz CT molecular complexity index is 655. The molecule has 0 saturated carbocycles. The zero-order valence-corrected chi connectivity index (χ0v) is 14.9. The lowest BCUT2D eigenvalue weighted by atomic mass is 10.3. The highest BCUT2D eigenvalue weighted by Gasteiger charge is 2.03. The zero-order valence-electron chi connectivity index (χ0n) is 14.9. The Morgan fingerprint density at radius 3 is 2.76 bits per heavy atom. The number of hydrogen-bond acceptors (Lipinski definition) is 6. The van der Waals surface area contributed by atoms with Gasteiger partial charge in [0.05, 0.1) is 19.7 Å². The van der Waals surface area contributed by atoms with Gasteiger partial charge in [0.15, 0.2) is 5.96 Å². The number of rotatable bonds is 9. The summed E-state index contributed by atoms with van der Waals surface area (Å²) in [5, 5.41) is 10.5. The van der Waals surface area contributed by atoms with Crippen LogP contribution in [0.4, 0.5) is 0 Å². The molecule has 0 aromatic carbocycles. The van der Waals surface area contributed by atoms with Crippen LogP contribution in [0.2, 0.25) is 0 Å². The molecular weight excluding hydrogens is 322 g/mol. The first-order valence-electron chi connectivity index (χ1n) is 8.14. The van der Waals surface area contributed by atoms with E-state index in [1.54, 1.807) is 18.0 Å². The molecule has 25 heavy (non-hydrogen) atoms. The van der Waals surface area contributed by atoms with Crippen LogP contribution < -0.4 is 15.4 Å². The number of methoxy groups -OCH3 is 1. The molecule has 0 spiro atoms. The third-order valence-electron chi connectivity index (χ3n) is 3.32. The summed E-state index contributed by atoms with van der Waals surface area (Å²) in [5.41, 5.74) is 0.995. The number of hydrogen-bond donors (Lipinski definition) is 2. The van der Waals surface area contributed by atoms with Gasteiger partial charge in [0.2, 0.25) is 5.88 Å². The molecule has 2 aromatic heterocycles. The minimum absolute atomic E-state index is 0.484. The normalized spacial score (nSPS) is 11.4. The third-order valence-corrected chi connectivity index (χ3v) is 3.32. The average Bonchev–Trinajstić information content (AvgIpc) is 3.04. The SMILES string of the molecule is CCNC(=NCc1ccc(OCCOC)nc1)NCc1ncnn1C. The maximum Gasteiger partial charge on any atom is 0.213 e. The van der Waals surface area contributed by atoms with Gasteiger partial charge in [-0.2, -0.15) is 5.10 Å². The Hall–Kier alpha value is -2.68. The predicted octanol–water partition coefficient (Wildman–Crippen LogP) is 0.491. The van der Waals surface area contributed by atoms with E-state index in [9.17, 15) is 0 Å². The quantitative estimate of drug-likeness (QED) is 0.387. The van der Waals surface area contributed by atoms with Crippen molar-refractivity contribution in [3.8, 4) is 5.88 Å². The lowest BCUT2D eigenvalue weighted by Crippen LogP contribution is -2.37. The number of guanidine groups is 1. The standard InChI is InChI=1S/C16H25N7O2/c1-4-17-16(20-11-14-21-12-22-23(14)2)19-10-13-5-6-15(18-9-13)25-8-7-24-3/h5-6,9,12H,4,7-8,10-11H2,1-3H3,(H2,17,19,20). The molecule has 0 atom stereocenters. The molecule has 0 radical (unpaired) electrons. The average molecular weight is 347 g/mol. The third kappa shape index (κ3) is 6.38. The second-order valence-corrected chi connectivity index (χ2v) is 5.19. The summed E-state index contributed by atoms with van der Waals surface area (Å²) in [4.78, 5) is 13.0. The summed E-state index contributed by atoms with van der Waals surface area (Å²) in [5.74, 6) is 2.13. The molecule has 0 fully saturated rings. The van der Waals surface area contributed by atoms with Crippen LogP contribution in [0.1, 0.15) is 18.3 Å². The fourth-order valence-electron chi connectivity index (χ4n) is 1.97. The highest BCUT2D eigenvalue weighted by Crippen LogP contribution is 2.08. The molecule has 2 rings (SSSR count). The van der Waals surface area contributed by atoms with Crippen molar-refractivity contribution in [1.29, 1.82) is 0 Å². The fraction of sp³-hybridized carbons (Fsp3) is 0.500. The van der Waals surface area contributed by atoms with Gasteiger partial charge < -0.3 is 20.1 Å². The topological polar surface area (TPSA) is 98.5 Å². The van der Waals surface area contributed by atoms with Crippen LogP contribution in [-0.2, 0) is 24.9 Å². The van der Waals surface area contributed by atoms with Crippen molar-refractivity contribution in [2.24, 2.45) is 12.0 Å². The van der Waals surface area contributed by atoms with Gasteiger partial charge in [-0.25, -0.2) is 15.0 Å². The van der Waals surface area contributed by atoms with Gasteiger partial charge >= 0.3 is 0 Å². The summed E-state index contributed by atoms with van der Waals surface area (Å²) in [6.07, 6.45) is 3.29. The molecule has 9 heteroatoms. The Labute approximate surface area is 147 Å². The highest BCUT2D eigenvalue weighted by atomic mass is 16.5. The van der Waals surface area contributed by atoms with Gasteiger partial charge in [-0.1, -0.05) is 6.07 Å². The molecule has 136 valence electrons. The van der Waals surface area contributed by atoms with Crippen molar-refractivity contribution in [2.75, 3.05) is 26.9 Å². The van der Waals surface area contributed by atoms with Crippen molar-refractivity contribution in [1.82, 2.24) is 30.4 Å². The first kappa shape index (κ1) is 18.7. The largest absolute Gasteiger partial charge is 0.475 e. The minimum atomic E-state index is 0.484. The van der Waals surface area contributed by atoms with Gasteiger partial charge in [0.25, 0.3) is 0 Å². The second kappa shape index (κ2) is 10.2. The number of pyridine rings is 1. The summed E-state index contributed by atoms with van der Waals surface area (Å²) < 4.78 is 12.1. The van der Waals surface area contributed by atoms with Crippen LogP contribution in [0.25, 0.3) is 0 Å². The van der Waals surface area contributed by atoms with Crippen LogP contribution in [0.5, 0.6) is 5.88 Å². The molecule has 2 N–H and O–H groups in total. The molecule has 0 aliphatic rings. The molecule has 0 saturated heterocycles. The molecule has 0 aliphatic heterocycles. The maximum absolute atomic E-state index is 5.44. The predicted molar refractivity (Wildman–Crippen MR) is 94.3 cm³/mol. The molecule has 2 aromatic rings. The Morgan fingerprint density at radius 2 is 2.12 bits per heavy atom. The molecule has 9 nitrogen and oxygen atoms in total. The van der Waals surface area contributed by atoms with Crippen LogP contribution in [0, 0.1) is 0 Å². The van der Waals surface area contributed by atoms with Gasteiger partial charge in [-0.05, 0) is 12.5 Å². The van der Waals surface area contributed by atoms with Gasteiger partial charge in [0, 0.05) is 33.0 Å². The lowest BCUT2D eigenvalue weighted by Gasteiger charge is -2.11. The van der Waals surface area contributed by atoms with Crippen molar-refractivity contribution < 1.29 is 9.47 Å². The zero-order chi connectivity index (χ0) is 17.9. The van der Waals surface area contributed by atoms with E-state index >= 15 is 0 Å². The van der Waals surface area contributed by atoms with Gasteiger partial charge in [-0.3, -0.25) is 4.68 Å². The lowest BCUT2D eigenvalue weighted by molar-refractivity contribution is 0.143. The minimum Gasteiger partial charge on any atom is -0.475 e. The number of aliphatic imine (C=N–C) groups is 1. The van der Waals surface area contributed by atoms with Gasteiger partial charge in [-0.15, -0.1) is 0 Å². The van der Waals surface area contributed by atoms with E-state index in [2.05, 4.69) is 30.7 Å². The van der Waals surface area contributed by atoms with E-state index in [1.807, 2.05) is 26.1 Å². The molecule has 2 heterocycles. The van der Waals surface area contributed by atoms with Crippen LogP contribution in [-0.4, -0.2) is 52.6 Å². The molecular formula is C16H25N7O2. The number of nitrogens with one attached hydrogen (secondary N) is 2. The van der Waals surface area contributed by atoms with Crippen LogP contribution >= 0.6 is 0 Å². The second-order valence-electron chi connectivity index (χ2n) is 5.19. The number of aryl methyl sites for hydroxylation is 1. The van der Waals surface area contributed by atoms with Crippen molar-refractivity contribution in [2.45, 2.75) is 20.0 Å². The van der Waals surface area contributed by atoms with Crippen LogP contribution in [0.15, 0.2) is 29.6 Å². The van der Waals surface area contributed by atoms with E-state index < -0.39 is 0 Å². The smallest absolute Gasteiger partial charge is 0.213 e. The summed E-state index contributed by atoms with van der Waals surface area (Å²) in [6.45, 7) is 4.88. The summed E-state index contributed by atoms with van der Waals surface area (Å²) >= 11 is 0. The number of nitrogens with zero attached hydrogens (tertiary/aromatic N) is 5. The highest BCUT2D eigenvalue weighted by molar-refractivity contribution is 5.79. The van der Waals surface area contributed by atoms with Crippen molar-refractivity contribution in [3.05, 3.63) is 36.0 Å². The first-order chi connectivity index (χ1) is 12.2. The van der Waals surface area contributed by atoms with E-state index in [1.165, 1.54) is 6.33 Å². The maximum atomic E-state index is 5.44. The van der Waals surface area contributed by atoms with E-state index in [-0.39, 0.29) is 0 Å². The van der Waals surface area contributed by atoms with E-state index in [4.69, 9.17) is 9.47 Å². The Balaban J connectivity index is 1.88. The van der Waals surface area contributed by atoms with Crippen LogP contribution in [0.3, 0.4) is 0 Å². The Kier molecular flexibility index (Phi) is 7.64. The van der Waals surface area contributed by atoms with Gasteiger partial charge in [0.1, 0.15) is 18.8 Å². The van der Waals surface area contributed by atoms with Crippen molar-refractivity contribution >= 4 is 5.96 Å². The van der Waals surface area contributed by atoms with E-state index in [0.29, 0.717) is 38.1 Å². The Morgan fingerprint density at radius 1 is 1.24 bits per heavy atom. The first-order valence-corrected chi connectivity index (χ1v) is 8.14. The molecule has 0 bridgehead atoms. The molecule has 0 unspecified atom stereocenters.